The van der Waals surface area contributed by atoms with Gasteiger partial charge in [-0.15, -0.1) is 11.3 Å². The zero-order valence-corrected chi connectivity index (χ0v) is 16.7. The number of carbonyl (C=O) groups is 1. The Morgan fingerprint density at radius 2 is 1.96 bits per heavy atom. The summed E-state index contributed by atoms with van der Waals surface area (Å²) in [6.45, 7) is 4.04. The van der Waals surface area contributed by atoms with Crippen molar-refractivity contribution in [2.45, 2.75) is 53.5 Å². The quantitative estimate of drug-likeness (QED) is 0.846. The van der Waals surface area contributed by atoms with E-state index in [0.717, 1.165) is 17.8 Å². The minimum Gasteiger partial charge on any atom is -0.484 e. The van der Waals surface area contributed by atoms with Gasteiger partial charge >= 0.3 is 0 Å². The molecule has 2 aromatic rings. The summed E-state index contributed by atoms with van der Waals surface area (Å²) in [4.78, 5) is 14.8. The highest BCUT2D eigenvalue weighted by atomic mass is 32.2. The van der Waals surface area contributed by atoms with Gasteiger partial charge in [-0.3, -0.25) is 4.79 Å². The lowest BCUT2D eigenvalue weighted by Gasteiger charge is -2.43. The van der Waals surface area contributed by atoms with Crippen LogP contribution in [0.2, 0.25) is 0 Å². The number of rotatable bonds is 3. The number of fused-ring (bicyclic) bond motifs is 1. The lowest BCUT2D eigenvalue weighted by molar-refractivity contribution is -0.139. The van der Waals surface area contributed by atoms with E-state index in [4.69, 9.17) is 4.74 Å². The van der Waals surface area contributed by atoms with Gasteiger partial charge in [-0.1, -0.05) is 18.2 Å². The molecule has 8 heteroatoms. The number of hydrogen-bond donors (Lipinski definition) is 1. The van der Waals surface area contributed by atoms with Crippen LogP contribution in [0, 0.1) is 0 Å². The molecule has 0 spiro atoms. The highest BCUT2D eigenvalue weighted by Gasteiger charge is 2.49. The topological polar surface area (TPSA) is 83.9 Å². The number of thiophene rings is 1. The van der Waals surface area contributed by atoms with E-state index in [0.29, 0.717) is 23.6 Å². The molecular formula is C19H21NO5S2. The molecule has 2 unspecified atom stereocenters. The summed E-state index contributed by atoms with van der Waals surface area (Å²) in [6, 6.07) is 9.14. The van der Waals surface area contributed by atoms with Crippen molar-refractivity contribution in [1.29, 1.82) is 0 Å². The molecule has 1 aromatic heterocycles. The van der Waals surface area contributed by atoms with Crippen LogP contribution >= 0.6 is 11.3 Å². The van der Waals surface area contributed by atoms with E-state index in [1.165, 1.54) is 6.07 Å². The average molecular weight is 408 g/mol. The fourth-order valence-electron chi connectivity index (χ4n) is 3.64. The second-order valence-electron chi connectivity index (χ2n) is 7.40. The van der Waals surface area contributed by atoms with E-state index in [1.807, 2.05) is 0 Å². The number of likely N-dealkylation sites (tertiary alicyclic amines) is 1. The molecule has 2 atom stereocenters. The number of aliphatic hydroxyl groups excluding tert-OH is 1. The number of hydrogen-bond acceptors (Lipinski definition) is 6. The second kappa shape index (κ2) is 6.32. The predicted octanol–water partition coefficient (Wildman–Crippen LogP) is 2.78. The Hall–Kier alpha value is -1.90. The lowest BCUT2D eigenvalue weighted by atomic mass is 9.90. The molecule has 2 aliphatic rings. The smallest absolute Gasteiger partial charge is 0.223 e. The molecule has 0 radical (unpaired) electrons. The minimum atomic E-state index is -3.69. The zero-order valence-electron chi connectivity index (χ0n) is 15.1. The second-order valence-corrected chi connectivity index (χ2v) is 10.7. The van der Waals surface area contributed by atoms with E-state index >= 15 is 0 Å². The van der Waals surface area contributed by atoms with Crippen LogP contribution in [0.4, 0.5) is 0 Å². The number of aliphatic hydroxyl groups is 1. The van der Waals surface area contributed by atoms with Crippen molar-refractivity contribution in [3.8, 4) is 5.75 Å². The third kappa shape index (κ3) is 2.96. The van der Waals surface area contributed by atoms with Crippen molar-refractivity contribution < 1.29 is 23.1 Å². The normalized spacial score (nSPS) is 24.6. The van der Waals surface area contributed by atoms with Gasteiger partial charge in [0.25, 0.3) is 0 Å². The number of nitrogens with zero attached hydrogens (tertiary/aromatic N) is 1. The number of ether oxygens (including phenoxy) is 1. The van der Waals surface area contributed by atoms with Gasteiger partial charge in [0.1, 0.15) is 21.7 Å². The van der Waals surface area contributed by atoms with Crippen molar-refractivity contribution >= 4 is 27.1 Å². The molecule has 0 saturated carbocycles. The van der Waals surface area contributed by atoms with E-state index in [-0.39, 0.29) is 15.0 Å². The fourth-order valence-corrected chi connectivity index (χ4v) is 6.61. The monoisotopic (exact) mass is 407 g/mol. The molecule has 0 bridgehead atoms. The molecule has 0 aliphatic carbocycles. The van der Waals surface area contributed by atoms with Crippen LogP contribution in [0.15, 0.2) is 45.5 Å². The Balaban J connectivity index is 1.83. The van der Waals surface area contributed by atoms with Crippen LogP contribution in [-0.2, 0) is 14.6 Å². The molecule has 3 heterocycles. The maximum atomic E-state index is 13.0. The molecule has 6 nitrogen and oxygen atoms in total. The molecule has 1 aromatic carbocycles. The highest BCUT2D eigenvalue weighted by Crippen LogP contribution is 2.49. The van der Waals surface area contributed by atoms with E-state index in [9.17, 15) is 18.3 Å². The Morgan fingerprint density at radius 3 is 2.59 bits per heavy atom. The van der Waals surface area contributed by atoms with Gasteiger partial charge in [0.15, 0.2) is 0 Å². The molecule has 1 N–H and O–H groups in total. The summed E-state index contributed by atoms with van der Waals surface area (Å²) in [7, 11) is -3.69. The first-order valence-corrected chi connectivity index (χ1v) is 11.1. The van der Waals surface area contributed by atoms with Crippen LogP contribution in [0.1, 0.15) is 37.6 Å². The molecule has 1 saturated heterocycles. The van der Waals surface area contributed by atoms with Crippen LogP contribution in [0.25, 0.3) is 0 Å². The van der Waals surface area contributed by atoms with Crippen LogP contribution in [-0.4, -0.2) is 42.6 Å². The largest absolute Gasteiger partial charge is 0.484 e. The average Bonchev–Trinajstić information content (AvgIpc) is 3.23. The first-order valence-electron chi connectivity index (χ1n) is 8.82. The maximum absolute atomic E-state index is 13.0. The molecule has 1 fully saturated rings. The summed E-state index contributed by atoms with van der Waals surface area (Å²) in [6.07, 6.45) is 0.234. The predicted molar refractivity (Wildman–Crippen MR) is 101 cm³/mol. The van der Waals surface area contributed by atoms with Crippen molar-refractivity contribution in [2.24, 2.45) is 0 Å². The maximum Gasteiger partial charge on any atom is 0.223 e. The van der Waals surface area contributed by atoms with Gasteiger partial charge in [-0.05, 0) is 32.4 Å². The van der Waals surface area contributed by atoms with E-state index in [2.05, 4.69) is 0 Å². The number of amides is 1. The molecule has 4 rings (SSSR count). The SMILES string of the molecule is CC1(C)Oc2cc(S(=O)(=O)c3ccccc3)sc2C(N2CCCC2=O)C1O. The first kappa shape index (κ1) is 18.5. The van der Waals surface area contributed by atoms with Crippen molar-refractivity contribution in [3.05, 3.63) is 41.3 Å². The highest BCUT2D eigenvalue weighted by molar-refractivity contribution is 7.93. The van der Waals surface area contributed by atoms with Crippen molar-refractivity contribution in [3.63, 3.8) is 0 Å². The summed E-state index contributed by atoms with van der Waals surface area (Å²) >= 11 is 1.07. The Labute approximate surface area is 162 Å². The van der Waals surface area contributed by atoms with Gasteiger partial charge in [0, 0.05) is 19.0 Å². The summed E-state index contributed by atoms with van der Waals surface area (Å²) in [5, 5.41) is 10.9. The first-order chi connectivity index (χ1) is 12.7. The molecular weight excluding hydrogens is 386 g/mol. The summed E-state index contributed by atoms with van der Waals surface area (Å²) in [5.41, 5.74) is -0.935. The standard InChI is InChI=1S/C19H21NO5S2/c1-19(2)18(22)16(20-10-6-9-14(20)21)17-13(25-19)11-15(26-17)27(23,24)12-7-4-3-5-8-12/h3-5,7-8,11,16,18,22H,6,9-10H2,1-2H3. The van der Waals surface area contributed by atoms with Gasteiger partial charge < -0.3 is 14.7 Å². The molecule has 144 valence electrons. The Kier molecular flexibility index (Phi) is 4.32. The van der Waals surface area contributed by atoms with Gasteiger partial charge in [0.2, 0.25) is 15.7 Å². The molecule has 1 amide bonds. The van der Waals surface area contributed by atoms with Crippen LogP contribution in [0.5, 0.6) is 5.75 Å². The van der Waals surface area contributed by atoms with Crippen molar-refractivity contribution in [2.75, 3.05) is 6.54 Å². The number of benzene rings is 1. The zero-order chi connectivity index (χ0) is 19.4. The summed E-state index contributed by atoms with van der Waals surface area (Å²) in [5.74, 6) is 0.401. The van der Waals surface area contributed by atoms with Gasteiger partial charge in [0.05, 0.1) is 15.8 Å². The van der Waals surface area contributed by atoms with E-state index in [1.54, 1.807) is 49.1 Å². The van der Waals surface area contributed by atoms with Gasteiger partial charge in [-0.2, -0.15) is 0 Å². The summed E-state index contributed by atoms with van der Waals surface area (Å²) < 4.78 is 32.1. The number of sulfone groups is 1. The van der Waals surface area contributed by atoms with Crippen molar-refractivity contribution in [1.82, 2.24) is 4.90 Å². The number of carbonyl (C=O) groups excluding carboxylic acids is 1. The third-order valence-electron chi connectivity index (χ3n) is 5.12. The van der Waals surface area contributed by atoms with Crippen LogP contribution in [0.3, 0.4) is 0 Å². The Bertz CT molecular complexity index is 981. The van der Waals surface area contributed by atoms with E-state index < -0.39 is 27.6 Å². The van der Waals surface area contributed by atoms with Crippen LogP contribution < -0.4 is 4.74 Å². The Morgan fingerprint density at radius 1 is 1.26 bits per heavy atom. The lowest BCUT2D eigenvalue weighted by Crippen LogP contribution is -2.53. The third-order valence-corrected chi connectivity index (χ3v) is 8.55. The minimum absolute atomic E-state index is 0.0245. The van der Waals surface area contributed by atoms with Gasteiger partial charge in [-0.25, -0.2) is 8.42 Å². The fraction of sp³-hybridized carbons (Fsp3) is 0.421. The molecule has 27 heavy (non-hydrogen) atoms. The molecule has 2 aliphatic heterocycles.